The molecule has 0 radical (unpaired) electrons. The predicted molar refractivity (Wildman–Crippen MR) is 53.6 cm³/mol. The van der Waals surface area contributed by atoms with E-state index in [1.165, 1.54) is 0 Å². The summed E-state index contributed by atoms with van der Waals surface area (Å²) < 4.78 is 0.658. The number of nitrogens with one attached hydrogen (secondary N) is 1. The van der Waals surface area contributed by atoms with Gasteiger partial charge in [0.1, 0.15) is 4.64 Å². The van der Waals surface area contributed by atoms with Crippen molar-refractivity contribution in [3.8, 4) is 0 Å². The molecule has 0 spiro atoms. The van der Waals surface area contributed by atoms with Gasteiger partial charge in [0.15, 0.2) is 0 Å². The van der Waals surface area contributed by atoms with Crippen molar-refractivity contribution in [2.45, 2.75) is 18.6 Å². The minimum atomic E-state index is -0.0977. The van der Waals surface area contributed by atoms with Crippen molar-refractivity contribution in [2.75, 3.05) is 0 Å². The van der Waals surface area contributed by atoms with Crippen molar-refractivity contribution in [2.24, 2.45) is 0 Å². The van der Waals surface area contributed by atoms with Crippen molar-refractivity contribution in [1.29, 1.82) is 0 Å². The average Bonchev–Trinajstić information content (AvgIpc) is 1.86. The van der Waals surface area contributed by atoms with Gasteiger partial charge < -0.3 is 4.98 Å². The zero-order valence-corrected chi connectivity index (χ0v) is 8.30. The van der Waals surface area contributed by atoms with E-state index in [2.05, 4.69) is 17.6 Å². The van der Waals surface area contributed by atoms with Gasteiger partial charge in [0.2, 0.25) is 0 Å². The lowest BCUT2D eigenvalue weighted by Gasteiger charge is -2.16. The van der Waals surface area contributed by atoms with Crippen LogP contribution < -0.4 is 0 Å². The first kappa shape index (κ1) is 8.81. The van der Waals surface area contributed by atoms with E-state index in [1.54, 1.807) is 0 Å². The predicted octanol–water partition coefficient (Wildman–Crippen LogP) is 2.91. The van der Waals surface area contributed by atoms with E-state index in [-0.39, 0.29) is 4.75 Å². The molecule has 1 nitrogen and oxygen atoms in total. The summed E-state index contributed by atoms with van der Waals surface area (Å²) in [5, 5.41) is 0. The maximum absolute atomic E-state index is 4.91. The summed E-state index contributed by atoms with van der Waals surface area (Å²) in [6, 6.07) is 3.87. The number of rotatable bonds is 1. The number of thiol groups is 1. The second kappa shape index (κ2) is 2.99. The van der Waals surface area contributed by atoms with Gasteiger partial charge in [-0.25, -0.2) is 0 Å². The van der Waals surface area contributed by atoms with Crippen LogP contribution in [0.25, 0.3) is 0 Å². The van der Waals surface area contributed by atoms with E-state index in [4.69, 9.17) is 12.2 Å². The first-order valence-corrected chi connectivity index (χ1v) is 4.27. The normalized spacial score (nSPS) is 11.5. The number of hydrogen-bond acceptors (Lipinski definition) is 2. The first-order valence-electron chi connectivity index (χ1n) is 3.42. The Hall–Kier alpha value is -0.280. The van der Waals surface area contributed by atoms with Crippen LogP contribution in [0, 0.1) is 4.64 Å². The molecule has 0 atom stereocenters. The van der Waals surface area contributed by atoms with Crippen LogP contribution in [0.3, 0.4) is 0 Å². The SMILES string of the molecule is CC(C)(S)c1ccc(=S)[nH]c1. The number of aromatic nitrogens is 1. The Labute approximate surface area is 77.3 Å². The van der Waals surface area contributed by atoms with Crippen LogP contribution in [0.1, 0.15) is 19.4 Å². The van der Waals surface area contributed by atoms with Gasteiger partial charge in [0, 0.05) is 10.9 Å². The maximum atomic E-state index is 4.91. The molecule has 0 amide bonds. The fourth-order valence-electron chi connectivity index (χ4n) is 0.791. The highest BCUT2D eigenvalue weighted by Crippen LogP contribution is 2.25. The van der Waals surface area contributed by atoms with Crippen LogP contribution in [0.2, 0.25) is 0 Å². The molecule has 0 aliphatic rings. The fourth-order valence-corrected chi connectivity index (χ4v) is 1.06. The second-order valence-electron chi connectivity index (χ2n) is 3.00. The van der Waals surface area contributed by atoms with Gasteiger partial charge in [0.05, 0.1) is 0 Å². The molecule has 0 saturated heterocycles. The van der Waals surface area contributed by atoms with Gasteiger partial charge in [-0.15, -0.1) is 0 Å². The molecular formula is C8H11NS2. The van der Waals surface area contributed by atoms with E-state index in [1.807, 2.05) is 32.2 Å². The lowest BCUT2D eigenvalue weighted by molar-refractivity contribution is 0.784. The zero-order valence-electron chi connectivity index (χ0n) is 6.59. The van der Waals surface area contributed by atoms with Crippen molar-refractivity contribution in [3.05, 3.63) is 28.5 Å². The van der Waals surface area contributed by atoms with Crippen molar-refractivity contribution >= 4 is 24.8 Å². The molecule has 11 heavy (non-hydrogen) atoms. The Balaban J connectivity index is 3.09. The van der Waals surface area contributed by atoms with Crippen LogP contribution in [0.15, 0.2) is 18.3 Å². The average molecular weight is 185 g/mol. The molecule has 0 bridgehead atoms. The van der Waals surface area contributed by atoms with E-state index >= 15 is 0 Å². The number of hydrogen-bond donors (Lipinski definition) is 2. The molecule has 1 heterocycles. The Morgan fingerprint density at radius 3 is 2.45 bits per heavy atom. The number of pyridine rings is 1. The molecule has 1 aromatic heterocycles. The Bertz CT molecular complexity index is 275. The second-order valence-corrected chi connectivity index (χ2v) is 4.56. The third-order valence-corrected chi connectivity index (χ3v) is 2.00. The van der Waals surface area contributed by atoms with E-state index in [9.17, 15) is 0 Å². The molecule has 0 saturated carbocycles. The standard InChI is InChI=1S/C8H11NS2/c1-8(2,11)6-3-4-7(10)9-5-6/h3-5,11H,1-2H3,(H,9,10). The molecule has 1 N–H and O–H groups in total. The quantitative estimate of drug-likeness (QED) is 0.508. The summed E-state index contributed by atoms with van der Waals surface area (Å²) >= 11 is 9.34. The first-order chi connectivity index (χ1) is 5.00. The van der Waals surface area contributed by atoms with Gasteiger partial charge in [-0.2, -0.15) is 12.6 Å². The van der Waals surface area contributed by atoms with Gasteiger partial charge in [0.25, 0.3) is 0 Å². The molecule has 0 unspecified atom stereocenters. The smallest absolute Gasteiger partial charge is 0.103 e. The minimum Gasteiger partial charge on any atom is -0.353 e. The van der Waals surface area contributed by atoms with Crippen LogP contribution in [0.4, 0.5) is 0 Å². The third-order valence-electron chi connectivity index (χ3n) is 1.49. The molecule has 0 aliphatic heterocycles. The Morgan fingerprint density at radius 2 is 2.09 bits per heavy atom. The van der Waals surface area contributed by atoms with E-state index in [0.29, 0.717) is 0 Å². The lowest BCUT2D eigenvalue weighted by atomic mass is 10.1. The summed E-state index contributed by atoms with van der Waals surface area (Å²) in [5.74, 6) is 0. The van der Waals surface area contributed by atoms with Crippen molar-refractivity contribution in [1.82, 2.24) is 4.98 Å². The van der Waals surface area contributed by atoms with Crippen molar-refractivity contribution in [3.63, 3.8) is 0 Å². The topological polar surface area (TPSA) is 15.8 Å². The highest BCUT2D eigenvalue weighted by molar-refractivity contribution is 7.81. The highest BCUT2D eigenvalue weighted by atomic mass is 32.1. The van der Waals surface area contributed by atoms with Gasteiger partial charge >= 0.3 is 0 Å². The number of aromatic amines is 1. The monoisotopic (exact) mass is 185 g/mol. The summed E-state index contributed by atoms with van der Waals surface area (Å²) in [7, 11) is 0. The number of H-pyrrole nitrogens is 1. The van der Waals surface area contributed by atoms with Crippen molar-refractivity contribution < 1.29 is 0 Å². The molecular weight excluding hydrogens is 174 g/mol. The molecule has 60 valence electrons. The van der Waals surface area contributed by atoms with Gasteiger partial charge in [-0.1, -0.05) is 18.3 Å². The van der Waals surface area contributed by atoms with E-state index < -0.39 is 0 Å². The van der Waals surface area contributed by atoms with Crippen LogP contribution in [-0.2, 0) is 4.75 Å². The zero-order chi connectivity index (χ0) is 8.48. The largest absolute Gasteiger partial charge is 0.353 e. The van der Waals surface area contributed by atoms with Gasteiger partial charge in [-0.05, 0) is 25.5 Å². The highest BCUT2D eigenvalue weighted by Gasteiger charge is 2.13. The summed E-state index contributed by atoms with van der Waals surface area (Å²) in [5.41, 5.74) is 1.15. The molecule has 0 aliphatic carbocycles. The van der Waals surface area contributed by atoms with Gasteiger partial charge in [-0.3, -0.25) is 0 Å². The molecule has 3 heteroatoms. The Kier molecular flexibility index (Phi) is 2.40. The molecule has 1 rings (SSSR count). The summed E-state index contributed by atoms with van der Waals surface area (Å²) in [6.07, 6.45) is 1.90. The summed E-state index contributed by atoms with van der Waals surface area (Å²) in [6.45, 7) is 4.09. The Morgan fingerprint density at radius 1 is 1.45 bits per heavy atom. The fraction of sp³-hybridized carbons (Fsp3) is 0.375. The lowest BCUT2D eigenvalue weighted by Crippen LogP contribution is -2.07. The molecule has 0 aromatic carbocycles. The van der Waals surface area contributed by atoms with E-state index in [0.717, 1.165) is 10.2 Å². The van der Waals surface area contributed by atoms with Crippen LogP contribution in [0.5, 0.6) is 0 Å². The summed E-state index contributed by atoms with van der Waals surface area (Å²) in [4.78, 5) is 2.97. The van der Waals surface area contributed by atoms with Crippen LogP contribution >= 0.6 is 24.8 Å². The minimum absolute atomic E-state index is 0.0977. The van der Waals surface area contributed by atoms with Crippen LogP contribution in [-0.4, -0.2) is 4.98 Å². The molecule has 0 fully saturated rings. The maximum Gasteiger partial charge on any atom is 0.103 e. The molecule has 1 aromatic rings. The third kappa shape index (κ3) is 2.34.